The molecule has 0 spiro atoms. The molecule has 0 saturated heterocycles. The van der Waals surface area contributed by atoms with Crippen molar-refractivity contribution in [2.75, 3.05) is 11.9 Å². The van der Waals surface area contributed by atoms with Crippen LogP contribution in [0.5, 0.6) is 0 Å². The van der Waals surface area contributed by atoms with Gasteiger partial charge in [0.25, 0.3) is 0 Å². The minimum atomic E-state index is 0.494. The summed E-state index contributed by atoms with van der Waals surface area (Å²) in [5.41, 5.74) is 9.25. The molecule has 2 N–H and O–H groups in total. The minimum absolute atomic E-state index is 0.494. The van der Waals surface area contributed by atoms with Gasteiger partial charge in [0.15, 0.2) is 0 Å². The molecule has 2 rings (SSSR count). The van der Waals surface area contributed by atoms with Crippen LogP contribution >= 0.6 is 38.9 Å². The average molecular weight is 346 g/mol. The molecule has 0 radical (unpaired) electrons. The van der Waals surface area contributed by atoms with E-state index in [0.29, 0.717) is 6.54 Å². The first-order chi connectivity index (χ1) is 8.60. The third-order valence-corrected chi connectivity index (χ3v) is 4.50. The number of hydrogen-bond donors (Lipinski definition) is 1. The largest absolute Gasteiger partial charge is 0.370 e. The summed E-state index contributed by atoms with van der Waals surface area (Å²) in [6.45, 7) is 1.35. The number of hydrogen-bond acceptors (Lipinski definition) is 3. The molecule has 5 heteroatoms. The summed E-state index contributed by atoms with van der Waals surface area (Å²) in [5, 5.41) is 2.88. The minimum Gasteiger partial charge on any atom is -0.370 e. The second-order valence-corrected chi connectivity index (χ2v) is 6.82. The summed E-state index contributed by atoms with van der Waals surface area (Å²) >= 11 is 11.2. The van der Waals surface area contributed by atoms with Crippen LogP contribution in [0, 0.1) is 0 Å². The second-order valence-electron chi connectivity index (χ2n) is 4.09. The highest BCUT2D eigenvalue weighted by Crippen LogP contribution is 2.26. The van der Waals surface area contributed by atoms with Gasteiger partial charge in [-0.25, -0.2) is 0 Å². The third-order valence-electron chi connectivity index (χ3n) is 2.71. The maximum Gasteiger partial charge on any atom is 0.0701 e. The van der Waals surface area contributed by atoms with Crippen molar-refractivity contribution in [2.45, 2.75) is 13.1 Å². The first-order valence-corrected chi connectivity index (χ1v) is 7.57. The number of nitrogens with zero attached hydrogens (tertiary/aromatic N) is 1. The molecule has 2 aromatic rings. The molecule has 1 aromatic carbocycles. The first-order valence-electron chi connectivity index (χ1n) is 5.52. The fraction of sp³-hybridized carbons (Fsp3) is 0.231. The summed E-state index contributed by atoms with van der Waals surface area (Å²) in [4.78, 5) is 2.19. The monoisotopic (exact) mass is 344 g/mol. The molecule has 2 nitrogen and oxygen atoms in total. The van der Waals surface area contributed by atoms with Gasteiger partial charge in [0.1, 0.15) is 0 Å². The Kier molecular flexibility index (Phi) is 4.67. The number of benzene rings is 1. The summed E-state index contributed by atoms with van der Waals surface area (Å²) in [7, 11) is 2.06. The molecule has 0 saturated carbocycles. The quantitative estimate of drug-likeness (QED) is 0.897. The van der Waals surface area contributed by atoms with Gasteiger partial charge < -0.3 is 10.6 Å². The molecule has 0 aliphatic rings. The van der Waals surface area contributed by atoms with Crippen LogP contribution in [-0.4, -0.2) is 7.05 Å². The highest BCUT2D eigenvalue weighted by molar-refractivity contribution is 9.11. The lowest BCUT2D eigenvalue weighted by atomic mass is 10.1. The Bertz CT molecular complexity index is 542. The van der Waals surface area contributed by atoms with Gasteiger partial charge in [0, 0.05) is 30.8 Å². The predicted octanol–water partition coefficient (Wildman–Crippen LogP) is 4.26. The topological polar surface area (TPSA) is 29.3 Å². The van der Waals surface area contributed by atoms with E-state index in [0.717, 1.165) is 26.6 Å². The predicted molar refractivity (Wildman–Crippen MR) is 83.5 cm³/mol. The van der Waals surface area contributed by atoms with Crippen LogP contribution in [0.25, 0.3) is 0 Å². The molecule has 0 unspecified atom stereocenters. The van der Waals surface area contributed by atoms with E-state index < -0.39 is 0 Å². The number of thiophene rings is 1. The fourth-order valence-corrected chi connectivity index (χ4v) is 3.27. The average Bonchev–Trinajstić information content (AvgIpc) is 2.74. The summed E-state index contributed by atoms with van der Waals surface area (Å²) < 4.78 is 1.15. The molecule has 18 heavy (non-hydrogen) atoms. The number of rotatable bonds is 4. The first kappa shape index (κ1) is 13.9. The van der Waals surface area contributed by atoms with Crippen LogP contribution in [0.15, 0.2) is 33.4 Å². The Morgan fingerprint density at radius 1 is 1.39 bits per heavy atom. The van der Waals surface area contributed by atoms with Gasteiger partial charge in [-0.1, -0.05) is 11.6 Å². The standard InChI is InChI=1S/C13H14BrClN2S/c1-17(7-9-4-13(14)18-8-9)12-3-2-11(15)5-10(12)6-16/h2-5,8H,6-7,16H2,1H3. The van der Waals surface area contributed by atoms with Gasteiger partial charge in [-0.05, 0) is 56.7 Å². The molecule has 0 bridgehead atoms. The van der Waals surface area contributed by atoms with Gasteiger partial charge in [-0.2, -0.15) is 0 Å². The summed E-state index contributed by atoms with van der Waals surface area (Å²) in [6.07, 6.45) is 0. The highest BCUT2D eigenvalue weighted by atomic mass is 79.9. The van der Waals surface area contributed by atoms with Crippen molar-refractivity contribution in [3.63, 3.8) is 0 Å². The normalized spacial score (nSPS) is 10.7. The van der Waals surface area contributed by atoms with E-state index in [9.17, 15) is 0 Å². The lowest BCUT2D eigenvalue weighted by Gasteiger charge is -2.22. The molecule has 0 amide bonds. The SMILES string of the molecule is CN(Cc1csc(Br)c1)c1ccc(Cl)cc1CN. The highest BCUT2D eigenvalue weighted by Gasteiger charge is 2.08. The number of nitrogens with two attached hydrogens (primary N) is 1. The molecule has 0 aliphatic carbocycles. The maximum absolute atomic E-state index is 5.99. The van der Waals surface area contributed by atoms with Crippen LogP contribution in [0.2, 0.25) is 5.02 Å². The Labute approximate surface area is 124 Å². The molecule has 1 aromatic heterocycles. The van der Waals surface area contributed by atoms with E-state index in [1.807, 2.05) is 18.2 Å². The Morgan fingerprint density at radius 3 is 2.78 bits per heavy atom. The van der Waals surface area contributed by atoms with Crippen molar-refractivity contribution in [1.29, 1.82) is 0 Å². The van der Waals surface area contributed by atoms with Crippen LogP contribution in [0.1, 0.15) is 11.1 Å². The van der Waals surface area contributed by atoms with E-state index >= 15 is 0 Å². The van der Waals surface area contributed by atoms with Gasteiger partial charge in [-0.3, -0.25) is 0 Å². The van der Waals surface area contributed by atoms with Crippen LogP contribution in [-0.2, 0) is 13.1 Å². The summed E-state index contributed by atoms with van der Waals surface area (Å²) in [6, 6.07) is 7.98. The van der Waals surface area contributed by atoms with Crippen molar-refractivity contribution < 1.29 is 0 Å². The zero-order valence-corrected chi connectivity index (χ0v) is 13.1. The van der Waals surface area contributed by atoms with Crippen molar-refractivity contribution >= 4 is 44.6 Å². The fourth-order valence-electron chi connectivity index (χ4n) is 1.88. The Balaban J connectivity index is 2.20. The molecular formula is C13H14BrClN2S. The van der Waals surface area contributed by atoms with Gasteiger partial charge >= 0.3 is 0 Å². The third kappa shape index (κ3) is 3.26. The Hall–Kier alpha value is -0.550. The molecule has 0 fully saturated rings. The molecule has 0 atom stereocenters. The van der Waals surface area contributed by atoms with Crippen LogP contribution in [0.3, 0.4) is 0 Å². The number of halogens is 2. The van der Waals surface area contributed by atoms with Crippen molar-refractivity contribution in [3.05, 3.63) is 49.6 Å². The second kappa shape index (κ2) is 6.06. The molecular weight excluding hydrogens is 332 g/mol. The van der Waals surface area contributed by atoms with E-state index in [1.54, 1.807) is 11.3 Å². The maximum atomic E-state index is 5.99. The van der Waals surface area contributed by atoms with Gasteiger partial charge in [0.05, 0.1) is 3.79 Å². The summed E-state index contributed by atoms with van der Waals surface area (Å²) in [5.74, 6) is 0. The molecule has 1 heterocycles. The van der Waals surface area contributed by atoms with E-state index in [1.165, 1.54) is 5.56 Å². The van der Waals surface area contributed by atoms with Crippen molar-refractivity contribution in [3.8, 4) is 0 Å². The van der Waals surface area contributed by atoms with Crippen molar-refractivity contribution in [2.24, 2.45) is 5.73 Å². The van der Waals surface area contributed by atoms with Crippen LogP contribution < -0.4 is 10.6 Å². The molecule has 0 aliphatic heterocycles. The van der Waals surface area contributed by atoms with E-state index in [4.69, 9.17) is 17.3 Å². The van der Waals surface area contributed by atoms with Crippen molar-refractivity contribution in [1.82, 2.24) is 0 Å². The van der Waals surface area contributed by atoms with Crippen LogP contribution in [0.4, 0.5) is 5.69 Å². The number of anilines is 1. The van der Waals surface area contributed by atoms with E-state index in [-0.39, 0.29) is 0 Å². The van der Waals surface area contributed by atoms with Gasteiger partial charge in [0.2, 0.25) is 0 Å². The van der Waals surface area contributed by atoms with Gasteiger partial charge in [-0.15, -0.1) is 11.3 Å². The van der Waals surface area contributed by atoms with E-state index in [2.05, 4.69) is 39.3 Å². The smallest absolute Gasteiger partial charge is 0.0701 e. The Morgan fingerprint density at radius 2 is 2.17 bits per heavy atom. The lowest BCUT2D eigenvalue weighted by Crippen LogP contribution is -2.18. The lowest BCUT2D eigenvalue weighted by molar-refractivity contribution is 0.907. The zero-order valence-electron chi connectivity index (χ0n) is 9.99. The zero-order chi connectivity index (χ0) is 13.1. The molecule has 96 valence electrons.